The molecule has 1 spiro atoms. The molecule has 2 amide bonds. The average molecular weight is 461 g/mol. The molecule has 1 saturated carbocycles. The number of hydrogen-bond acceptors (Lipinski definition) is 4. The highest BCUT2D eigenvalue weighted by atomic mass is 35.5. The molecular formula is C26H37ClN2O3. The fourth-order valence-electron chi connectivity index (χ4n) is 6.92. The molecule has 1 aromatic carbocycles. The maximum Gasteiger partial charge on any atom is 0.229 e. The number of halogens is 1. The molecule has 3 unspecified atom stereocenters. The Kier molecular flexibility index (Phi) is 7.28. The van der Waals surface area contributed by atoms with Gasteiger partial charge in [0, 0.05) is 51.4 Å². The van der Waals surface area contributed by atoms with E-state index in [1.165, 1.54) is 24.0 Å². The molecule has 0 aromatic heterocycles. The van der Waals surface area contributed by atoms with Crippen LogP contribution in [0.15, 0.2) is 24.3 Å². The molecular weight excluding hydrogens is 424 g/mol. The van der Waals surface area contributed by atoms with Gasteiger partial charge < -0.3 is 9.64 Å². The number of piperidine rings is 1. The van der Waals surface area contributed by atoms with Gasteiger partial charge in [0.25, 0.3) is 0 Å². The number of methoxy groups -OCH3 is 1. The first kappa shape index (κ1) is 23.7. The minimum Gasteiger partial charge on any atom is -0.376 e. The summed E-state index contributed by atoms with van der Waals surface area (Å²) in [6.07, 6.45) is 9.01. The van der Waals surface area contributed by atoms with Crippen molar-refractivity contribution in [2.45, 2.75) is 69.8 Å². The molecule has 2 aliphatic heterocycles. The molecule has 5 rings (SSSR count). The number of carbonyl (C=O) groups excluding carboxylic acids is 2. The van der Waals surface area contributed by atoms with E-state index in [0.29, 0.717) is 31.2 Å². The lowest BCUT2D eigenvalue weighted by Gasteiger charge is -2.37. The van der Waals surface area contributed by atoms with Gasteiger partial charge in [0.15, 0.2) is 0 Å². The smallest absolute Gasteiger partial charge is 0.229 e. The van der Waals surface area contributed by atoms with Crippen molar-refractivity contribution in [3.05, 3.63) is 35.4 Å². The second kappa shape index (κ2) is 9.82. The predicted molar refractivity (Wildman–Crippen MR) is 127 cm³/mol. The Labute approximate surface area is 198 Å². The maximum atomic E-state index is 12.6. The summed E-state index contributed by atoms with van der Waals surface area (Å²) in [5, 5.41) is 0. The number of nitrogens with zero attached hydrogens (tertiary/aromatic N) is 2. The first-order valence-electron chi connectivity index (χ1n) is 12.3. The summed E-state index contributed by atoms with van der Waals surface area (Å²) >= 11 is 0. The third-order valence-corrected chi connectivity index (χ3v) is 8.46. The van der Waals surface area contributed by atoms with Crippen molar-refractivity contribution in [1.29, 1.82) is 0 Å². The molecule has 2 saturated heterocycles. The fraction of sp³-hybridized carbons (Fsp3) is 0.692. The van der Waals surface area contributed by atoms with Crippen LogP contribution >= 0.6 is 12.4 Å². The zero-order chi connectivity index (χ0) is 21.4. The van der Waals surface area contributed by atoms with Crippen LogP contribution in [0, 0.1) is 11.3 Å². The number of rotatable bonds is 7. The number of benzene rings is 1. The van der Waals surface area contributed by atoms with Crippen LogP contribution in [0.25, 0.3) is 0 Å². The largest absolute Gasteiger partial charge is 0.376 e. The van der Waals surface area contributed by atoms with Crippen LogP contribution in [0.3, 0.4) is 0 Å². The standard InChI is InChI=1S/C26H36N2O3.ClH/c1-31-25-20-10-4-3-9-19(20)21-17-27(18-22(21)25)13-7-2-8-14-28-23(29)15-26(16-24(28)30)11-5-6-12-26;/h3-4,9-10,21-22,25H,2,5-8,11-18H2,1H3;1H. The Hall–Kier alpha value is -1.43. The van der Waals surface area contributed by atoms with Crippen molar-refractivity contribution < 1.29 is 14.3 Å². The second-order valence-electron chi connectivity index (χ2n) is 10.4. The van der Waals surface area contributed by atoms with E-state index in [4.69, 9.17) is 4.74 Å². The van der Waals surface area contributed by atoms with Gasteiger partial charge in [-0.05, 0) is 48.8 Å². The second-order valence-corrected chi connectivity index (χ2v) is 10.4. The highest BCUT2D eigenvalue weighted by Crippen LogP contribution is 2.50. The molecule has 176 valence electrons. The van der Waals surface area contributed by atoms with E-state index in [1.54, 1.807) is 4.90 Å². The number of fused-ring (bicyclic) bond motifs is 3. The fourth-order valence-corrected chi connectivity index (χ4v) is 6.92. The topological polar surface area (TPSA) is 49.9 Å². The van der Waals surface area contributed by atoms with E-state index >= 15 is 0 Å². The highest BCUT2D eigenvalue weighted by Gasteiger charge is 2.46. The minimum absolute atomic E-state index is 0. The average Bonchev–Trinajstić information content (AvgIpc) is 3.44. The number of amides is 2. The molecule has 0 N–H and O–H groups in total. The van der Waals surface area contributed by atoms with Gasteiger partial charge >= 0.3 is 0 Å². The van der Waals surface area contributed by atoms with Crippen LogP contribution in [-0.4, -0.2) is 54.9 Å². The Bertz CT molecular complexity index is 818. The summed E-state index contributed by atoms with van der Waals surface area (Å²) in [4.78, 5) is 29.3. The minimum atomic E-state index is 0. The normalized spacial score (nSPS) is 28.8. The maximum absolute atomic E-state index is 12.6. The van der Waals surface area contributed by atoms with Gasteiger partial charge in [0.1, 0.15) is 0 Å². The third kappa shape index (κ3) is 4.36. The lowest BCUT2D eigenvalue weighted by atomic mass is 9.76. The molecule has 32 heavy (non-hydrogen) atoms. The number of imide groups is 1. The molecule has 1 aromatic rings. The number of unbranched alkanes of at least 4 members (excludes halogenated alkanes) is 2. The van der Waals surface area contributed by atoms with Crippen LogP contribution in [0.5, 0.6) is 0 Å². The molecule has 4 aliphatic rings. The van der Waals surface area contributed by atoms with Crippen LogP contribution in [0.2, 0.25) is 0 Å². The van der Waals surface area contributed by atoms with E-state index < -0.39 is 0 Å². The van der Waals surface area contributed by atoms with E-state index in [1.807, 2.05) is 7.11 Å². The van der Waals surface area contributed by atoms with Crippen molar-refractivity contribution >= 4 is 24.2 Å². The summed E-state index contributed by atoms with van der Waals surface area (Å²) in [6.45, 7) is 3.92. The van der Waals surface area contributed by atoms with Gasteiger partial charge in [-0.1, -0.05) is 43.5 Å². The molecule has 6 heteroatoms. The van der Waals surface area contributed by atoms with Gasteiger partial charge in [-0.15, -0.1) is 12.4 Å². The third-order valence-electron chi connectivity index (χ3n) is 8.46. The number of carbonyl (C=O) groups is 2. The van der Waals surface area contributed by atoms with Crippen LogP contribution in [0.1, 0.15) is 80.9 Å². The van der Waals surface area contributed by atoms with E-state index in [-0.39, 0.29) is 35.7 Å². The van der Waals surface area contributed by atoms with E-state index in [9.17, 15) is 9.59 Å². The van der Waals surface area contributed by atoms with Crippen LogP contribution in [-0.2, 0) is 14.3 Å². The number of hydrogen-bond donors (Lipinski definition) is 0. The first-order valence-corrected chi connectivity index (χ1v) is 12.3. The molecule has 3 atom stereocenters. The predicted octanol–water partition coefficient (Wildman–Crippen LogP) is 4.70. The Morgan fingerprint density at radius 2 is 1.59 bits per heavy atom. The summed E-state index contributed by atoms with van der Waals surface area (Å²) < 4.78 is 5.87. The lowest BCUT2D eigenvalue weighted by molar-refractivity contribution is -0.153. The van der Waals surface area contributed by atoms with Crippen molar-refractivity contribution in [3.8, 4) is 0 Å². The molecule has 2 heterocycles. The molecule has 3 fully saturated rings. The van der Waals surface area contributed by atoms with Crippen LogP contribution < -0.4 is 0 Å². The van der Waals surface area contributed by atoms with Gasteiger partial charge in [-0.3, -0.25) is 14.5 Å². The summed E-state index contributed by atoms with van der Waals surface area (Å²) in [6, 6.07) is 8.77. The van der Waals surface area contributed by atoms with Gasteiger partial charge in [0.2, 0.25) is 11.8 Å². The summed E-state index contributed by atoms with van der Waals surface area (Å²) in [5.74, 6) is 1.31. The molecule has 5 nitrogen and oxygen atoms in total. The number of ether oxygens (including phenoxy) is 1. The first-order chi connectivity index (χ1) is 15.1. The zero-order valence-electron chi connectivity index (χ0n) is 19.3. The van der Waals surface area contributed by atoms with E-state index in [0.717, 1.165) is 51.7 Å². The Balaban J connectivity index is 0.00000245. The molecule has 2 aliphatic carbocycles. The van der Waals surface area contributed by atoms with Crippen molar-refractivity contribution in [1.82, 2.24) is 9.80 Å². The monoisotopic (exact) mass is 460 g/mol. The van der Waals surface area contributed by atoms with Crippen molar-refractivity contribution in [3.63, 3.8) is 0 Å². The highest BCUT2D eigenvalue weighted by molar-refractivity contribution is 5.98. The zero-order valence-corrected chi connectivity index (χ0v) is 20.1. The van der Waals surface area contributed by atoms with Gasteiger partial charge in [0.05, 0.1) is 6.10 Å². The lowest BCUT2D eigenvalue weighted by Crippen LogP contribution is -2.47. The SMILES string of the molecule is COC1c2ccccc2C2CN(CCCCCN3C(=O)CC4(CCCC4)CC3=O)CC21.Cl. The van der Waals surface area contributed by atoms with E-state index in [2.05, 4.69) is 29.2 Å². The summed E-state index contributed by atoms with van der Waals surface area (Å²) in [5.41, 5.74) is 2.87. The number of likely N-dealkylation sites (tertiary alicyclic amines) is 2. The van der Waals surface area contributed by atoms with Crippen LogP contribution in [0.4, 0.5) is 0 Å². The Morgan fingerprint density at radius 1 is 0.938 bits per heavy atom. The quantitative estimate of drug-likeness (QED) is 0.437. The molecule has 0 bridgehead atoms. The van der Waals surface area contributed by atoms with Gasteiger partial charge in [-0.25, -0.2) is 0 Å². The Morgan fingerprint density at radius 3 is 2.28 bits per heavy atom. The molecule has 0 radical (unpaired) electrons. The summed E-state index contributed by atoms with van der Waals surface area (Å²) in [7, 11) is 1.84. The van der Waals surface area contributed by atoms with Crippen molar-refractivity contribution in [2.24, 2.45) is 11.3 Å². The van der Waals surface area contributed by atoms with Crippen molar-refractivity contribution in [2.75, 3.05) is 33.3 Å². The van der Waals surface area contributed by atoms with Gasteiger partial charge in [-0.2, -0.15) is 0 Å².